The van der Waals surface area contributed by atoms with E-state index < -0.39 is 41.0 Å². The van der Waals surface area contributed by atoms with Crippen LogP contribution in [0.25, 0.3) is 0 Å². The predicted molar refractivity (Wildman–Crippen MR) is 100 cm³/mol. The molecule has 7 heteroatoms. The van der Waals surface area contributed by atoms with E-state index in [0.717, 1.165) is 6.42 Å². The zero-order valence-electron chi connectivity index (χ0n) is 14.0. The number of hydrogen-bond acceptors (Lipinski definition) is 4. The molecule has 2 aromatic carbocycles. The second-order valence-corrected chi connectivity index (χ2v) is 12.1. The van der Waals surface area contributed by atoms with Crippen molar-refractivity contribution in [1.82, 2.24) is 0 Å². The highest BCUT2D eigenvalue weighted by Gasteiger charge is 2.72. The SMILES string of the molecule is O=S(=O)(c1ccccc1)C1C2CCCC1C2(Cl)S(=O)(=O)c1ccccc1. The third kappa shape index (κ3) is 2.31. The quantitative estimate of drug-likeness (QED) is 0.721. The number of halogens is 1. The molecule has 4 nitrogen and oxygen atoms in total. The highest BCUT2D eigenvalue weighted by Crippen LogP contribution is 2.64. The summed E-state index contributed by atoms with van der Waals surface area (Å²) in [5.74, 6) is -1.20. The van der Waals surface area contributed by atoms with E-state index in [4.69, 9.17) is 11.6 Å². The Bertz CT molecular complexity index is 1010. The van der Waals surface area contributed by atoms with Crippen molar-refractivity contribution in [2.45, 2.75) is 38.5 Å². The second-order valence-electron chi connectivity index (χ2n) is 6.98. The van der Waals surface area contributed by atoms with Gasteiger partial charge < -0.3 is 0 Å². The largest absolute Gasteiger partial charge is 0.223 e. The minimum absolute atomic E-state index is 0.155. The topological polar surface area (TPSA) is 68.3 Å². The van der Waals surface area contributed by atoms with Gasteiger partial charge in [-0.2, -0.15) is 0 Å². The number of rotatable bonds is 4. The molecule has 0 spiro atoms. The van der Waals surface area contributed by atoms with Gasteiger partial charge in [-0.3, -0.25) is 0 Å². The van der Waals surface area contributed by atoms with Gasteiger partial charge in [0.2, 0.25) is 0 Å². The molecule has 26 heavy (non-hydrogen) atoms. The van der Waals surface area contributed by atoms with Gasteiger partial charge in [0.1, 0.15) is 0 Å². The van der Waals surface area contributed by atoms with Gasteiger partial charge in [-0.1, -0.05) is 42.8 Å². The molecule has 0 saturated heterocycles. The number of fused-ring (bicyclic) bond motifs is 2. The standard InChI is InChI=1S/C19H19ClO4S2/c20-19(26(23,24)15-10-5-2-6-11-15)16-12-7-13-17(19)18(16)25(21,22)14-8-3-1-4-9-14/h1-6,8-11,16-18H,7,12-13H2. The van der Waals surface area contributed by atoms with Crippen molar-refractivity contribution in [3.8, 4) is 0 Å². The highest BCUT2D eigenvalue weighted by molar-refractivity contribution is 7.95. The predicted octanol–water partition coefficient (Wildman–Crippen LogP) is 3.67. The molecule has 4 rings (SSSR count). The zero-order chi connectivity index (χ0) is 18.6. The lowest BCUT2D eigenvalue weighted by Gasteiger charge is -2.59. The summed E-state index contributed by atoms with van der Waals surface area (Å²) in [6, 6.07) is 16.3. The maximum atomic E-state index is 13.2. The Kier molecular flexibility index (Phi) is 4.21. The van der Waals surface area contributed by atoms with Gasteiger partial charge in [0.25, 0.3) is 0 Å². The van der Waals surface area contributed by atoms with E-state index in [0.29, 0.717) is 12.8 Å². The fourth-order valence-corrected chi connectivity index (χ4v) is 10.2. The van der Waals surface area contributed by atoms with Crippen molar-refractivity contribution in [3.63, 3.8) is 0 Å². The van der Waals surface area contributed by atoms with E-state index in [2.05, 4.69) is 0 Å². The van der Waals surface area contributed by atoms with E-state index in [1.807, 2.05) is 0 Å². The lowest BCUT2D eigenvalue weighted by Crippen LogP contribution is -2.70. The first-order valence-electron chi connectivity index (χ1n) is 8.59. The fraction of sp³-hybridized carbons (Fsp3) is 0.368. The molecule has 2 aliphatic rings. The van der Waals surface area contributed by atoms with Crippen LogP contribution in [0, 0.1) is 11.8 Å². The molecule has 0 amide bonds. The Morgan fingerprint density at radius 3 is 1.73 bits per heavy atom. The monoisotopic (exact) mass is 410 g/mol. The Hall–Kier alpha value is -1.37. The molecular formula is C19H19ClO4S2. The summed E-state index contributed by atoms with van der Waals surface area (Å²) >= 11 is 6.74. The molecule has 2 aromatic rings. The van der Waals surface area contributed by atoms with Gasteiger partial charge in [0.15, 0.2) is 23.9 Å². The van der Waals surface area contributed by atoms with Crippen LogP contribution in [0.5, 0.6) is 0 Å². The van der Waals surface area contributed by atoms with Crippen LogP contribution in [-0.4, -0.2) is 26.3 Å². The molecule has 0 aromatic heterocycles. The summed E-state index contributed by atoms with van der Waals surface area (Å²) in [6.45, 7) is 0. The molecule has 0 radical (unpaired) electrons. The molecule has 2 saturated carbocycles. The molecule has 0 N–H and O–H groups in total. The first kappa shape index (κ1) is 18.0. The molecule has 138 valence electrons. The molecular weight excluding hydrogens is 392 g/mol. The van der Waals surface area contributed by atoms with E-state index in [1.54, 1.807) is 48.5 Å². The Morgan fingerprint density at radius 1 is 0.769 bits per heavy atom. The van der Waals surface area contributed by atoms with Crippen molar-refractivity contribution in [3.05, 3.63) is 60.7 Å². The van der Waals surface area contributed by atoms with Gasteiger partial charge in [0, 0.05) is 11.8 Å². The normalized spacial score (nSPS) is 31.2. The number of alkyl halides is 1. The minimum atomic E-state index is -3.84. The Morgan fingerprint density at radius 2 is 1.23 bits per heavy atom. The van der Waals surface area contributed by atoms with E-state index >= 15 is 0 Å². The summed E-state index contributed by atoms with van der Waals surface area (Å²) in [4.78, 5) is 0.389. The molecule has 2 bridgehead atoms. The summed E-state index contributed by atoms with van der Waals surface area (Å²) in [7, 11) is -7.46. The van der Waals surface area contributed by atoms with Gasteiger partial charge in [-0.25, -0.2) is 16.8 Å². The third-order valence-corrected chi connectivity index (χ3v) is 11.5. The molecule has 2 aliphatic carbocycles. The first-order chi connectivity index (χ1) is 12.3. The molecule has 0 heterocycles. The molecule has 0 aliphatic heterocycles. The van der Waals surface area contributed by atoms with Gasteiger partial charge >= 0.3 is 0 Å². The minimum Gasteiger partial charge on any atom is -0.223 e. The van der Waals surface area contributed by atoms with Crippen molar-refractivity contribution in [2.24, 2.45) is 11.8 Å². The number of benzene rings is 2. The van der Waals surface area contributed by atoms with Crippen LogP contribution in [0.15, 0.2) is 70.5 Å². The van der Waals surface area contributed by atoms with E-state index in [9.17, 15) is 16.8 Å². The van der Waals surface area contributed by atoms with E-state index in [1.165, 1.54) is 12.1 Å². The second kappa shape index (κ2) is 6.08. The fourth-order valence-electron chi connectivity index (χ4n) is 4.54. The van der Waals surface area contributed by atoms with Crippen molar-refractivity contribution >= 4 is 31.3 Å². The maximum Gasteiger partial charge on any atom is 0.198 e. The van der Waals surface area contributed by atoms with Crippen LogP contribution in [-0.2, 0) is 19.7 Å². The highest BCUT2D eigenvalue weighted by atomic mass is 35.5. The Labute approximate surface area is 159 Å². The van der Waals surface area contributed by atoms with Gasteiger partial charge in [-0.05, 0) is 37.1 Å². The average Bonchev–Trinajstić information content (AvgIpc) is 2.68. The zero-order valence-corrected chi connectivity index (χ0v) is 16.3. The van der Waals surface area contributed by atoms with Crippen LogP contribution in [0.2, 0.25) is 0 Å². The van der Waals surface area contributed by atoms with Crippen LogP contribution in [0.4, 0.5) is 0 Å². The average molecular weight is 411 g/mol. The van der Waals surface area contributed by atoms with E-state index in [-0.39, 0.29) is 9.79 Å². The summed E-state index contributed by atoms with van der Waals surface area (Å²) in [5.41, 5.74) is 0. The summed E-state index contributed by atoms with van der Waals surface area (Å²) < 4.78 is 51.2. The lowest BCUT2D eigenvalue weighted by atomic mass is 9.63. The van der Waals surface area contributed by atoms with Gasteiger partial charge in [0.05, 0.1) is 15.0 Å². The van der Waals surface area contributed by atoms with Crippen LogP contribution in [0.3, 0.4) is 0 Å². The molecule has 2 atom stereocenters. The van der Waals surface area contributed by atoms with Crippen molar-refractivity contribution < 1.29 is 16.8 Å². The van der Waals surface area contributed by atoms with Crippen LogP contribution >= 0.6 is 11.6 Å². The molecule has 2 unspecified atom stereocenters. The maximum absolute atomic E-state index is 13.2. The summed E-state index contributed by atoms with van der Waals surface area (Å²) in [5, 5.41) is -0.741. The van der Waals surface area contributed by atoms with Crippen LogP contribution < -0.4 is 0 Å². The summed E-state index contributed by atoms with van der Waals surface area (Å²) in [6.07, 6.45) is 1.81. The van der Waals surface area contributed by atoms with Crippen LogP contribution in [0.1, 0.15) is 19.3 Å². The van der Waals surface area contributed by atoms with Crippen molar-refractivity contribution in [1.29, 1.82) is 0 Å². The smallest absolute Gasteiger partial charge is 0.198 e. The Balaban J connectivity index is 1.77. The third-order valence-electron chi connectivity index (χ3n) is 5.73. The lowest BCUT2D eigenvalue weighted by molar-refractivity contribution is 0.100. The molecule has 2 fully saturated rings. The first-order valence-corrected chi connectivity index (χ1v) is 12.0. The number of hydrogen-bond donors (Lipinski definition) is 0. The van der Waals surface area contributed by atoms with Gasteiger partial charge in [-0.15, -0.1) is 11.6 Å². The van der Waals surface area contributed by atoms with Crippen molar-refractivity contribution in [2.75, 3.05) is 0 Å². The number of sulfone groups is 2.